The number of hydrogen-bond donors (Lipinski definition) is 1. The molecule has 0 aliphatic carbocycles. The Morgan fingerprint density at radius 3 is 2.58 bits per heavy atom. The first kappa shape index (κ1) is 13.7. The van der Waals surface area contributed by atoms with Crippen LogP contribution in [0.25, 0.3) is 0 Å². The maximum absolute atomic E-state index is 11.7. The van der Waals surface area contributed by atoms with Gasteiger partial charge < -0.3 is 9.73 Å². The van der Waals surface area contributed by atoms with E-state index in [0.29, 0.717) is 23.9 Å². The second kappa shape index (κ2) is 6.43. The van der Waals surface area contributed by atoms with Crippen molar-refractivity contribution in [1.82, 2.24) is 5.32 Å². The monoisotopic (exact) mass is 277 g/mol. The summed E-state index contributed by atoms with van der Waals surface area (Å²) in [6.45, 7) is 2.42. The summed E-state index contributed by atoms with van der Waals surface area (Å²) in [5.41, 5.74) is 2.39. The van der Waals surface area contributed by atoms with Crippen LogP contribution in [0.15, 0.2) is 40.8 Å². The molecule has 0 unspecified atom stereocenters. The van der Waals surface area contributed by atoms with Gasteiger partial charge in [0.25, 0.3) is 0 Å². The number of nitrogens with one attached hydrogen (secondary N) is 1. The fourth-order valence-electron chi connectivity index (χ4n) is 1.73. The molecule has 0 saturated heterocycles. The highest BCUT2D eigenvalue weighted by Crippen LogP contribution is 2.12. The summed E-state index contributed by atoms with van der Waals surface area (Å²) < 4.78 is 5.16. The molecule has 1 N–H and O–H groups in total. The van der Waals surface area contributed by atoms with Crippen molar-refractivity contribution < 1.29 is 9.21 Å². The first-order valence-corrected chi connectivity index (χ1v) is 6.58. The van der Waals surface area contributed by atoms with E-state index >= 15 is 0 Å². The third kappa shape index (κ3) is 4.45. The quantitative estimate of drug-likeness (QED) is 0.909. The molecule has 1 aromatic heterocycles. The van der Waals surface area contributed by atoms with Gasteiger partial charge in [0.1, 0.15) is 5.76 Å². The molecule has 0 atom stereocenters. The molecular weight excluding hydrogens is 262 g/mol. The third-order valence-electron chi connectivity index (χ3n) is 2.85. The van der Waals surface area contributed by atoms with Gasteiger partial charge in [0.15, 0.2) is 5.22 Å². The fourth-order valence-corrected chi connectivity index (χ4v) is 1.90. The Balaban J connectivity index is 1.74. The number of rotatable bonds is 5. The number of carbonyl (C=O) groups is 1. The highest BCUT2D eigenvalue weighted by atomic mass is 35.5. The van der Waals surface area contributed by atoms with Crippen LogP contribution in [-0.4, -0.2) is 5.91 Å². The second-order valence-corrected chi connectivity index (χ2v) is 4.84. The maximum Gasteiger partial charge on any atom is 0.220 e. The summed E-state index contributed by atoms with van der Waals surface area (Å²) in [4.78, 5) is 11.7. The van der Waals surface area contributed by atoms with Crippen molar-refractivity contribution in [3.8, 4) is 0 Å². The average molecular weight is 278 g/mol. The van der Waals surface area contributed by atoms with E-state index in [0.717, 1.165) is 6.42 Å². The molecule has 1 heterocycles. The summed E-state index contributed by atoms with van der Waals surface area (Å²) in [6, 6.07) is 11.6. The zero-order valence-electron chi connectivity index (χ0n) is 10.8. The molecule has 0 fully saturated rings. The molecule has 1 aromatic carbocycles. The van der Waals surface area contributed by atoms with Crippen molar-refractivity contribution in [2.45, 2.75) is 26.3 Å². The van der Waals surface area contributed by atoms with Crippen LogP contribution in [0.5, 0.6) is 0 Å². The molecule has 3 nitrogen and oxygen atoms in total. The van der Waals surface area contributed by atoms with Crippen LogP contribution in [-0.2, 0) is 17.8 Å². The van der Waals surface area contributed by atoms with Gasteiger partial charge in [-0.05, 0) is 42.6 Å². The van der Waals surface area contributed by atoms with E-state index in [9.17, 15) is 4.79 Å². The molecule has 0 radical (unpaired) electrons. The summed E-state index contributed by atoms with van der Waals surface area (Å²) in [5.74, 6) is 0.668. The Morgan fingerprint density at radius 2 is 1.95 bits per heavy atom. The van der Waals surface area contributed by atoms with Gasteiger partial charge in [0.2, 0.25) is 5.91 Å². The highest BCUT2D eigenvalue weighted by Gasteiger charge is 2.04. The van der Waals surface area contributed by atoms with Crippen molar-refractivity contribution in [2.24, 2.45) is 0 Å². The van der Waals surface area contributed by atoms with Gasteiger partial charge in [-0.25, -0.2) is 0 Å². The van der Waals surface area contributed by atoms with Gasteiger partial charge in [-0.15, -0.1) is 0 Å². The van der Waals surface area contributed by atoms with Crippen LogP contribution < -0.4 is 5.32 Å². The Morgan fingerprint density at radius 1 is 1.21 bits per heavy atom. The van der Waals surface area contributed by atoms with E-state index < -0.39 is 0 Å². The highest BCUT2D eigenvalue weighted by molar-refractivity contribution is 6.28. The summed E-state index contributed by atoms with van der Waals surface area (Å²) in [7, 11) is 0. The predicted octanol–water partition coefficient (Wildman–Crippen LogP) is 3.49. The minimum Gasteiger partial charge on any atom is -0.448 e. The first-order chi connectivity index (χ1) is 9.13. The van der Waals surface area contributed by atoms with E-state index in [-0.39, 0.29) is 5.91 Å². The van der Waals surface area contributed by atoms with Crippen molar-refractivity contribution in [2.75, 3.05) is 0 Å². The summed E-state index contributed by atoms with van der Waals surface area (Å²) in [6.07, 6.45) is 1.21. The Hall–Kier alpha value is -1.74. The second-order valence-electron chi connectivity index (χ2n) is 4.47. The van der Waals surface area contributed by atoms with E-state index in [1.165, 1.54) is 11.1 Å². The van der Waals surface area contributed by atoms with Crippen LogP contribution in [0.3, 0.4) is 0 Å². The Labute approximate surface area is 117 Å². The number of furan rings is 1. The van der Waals surface area contributed by atoms with Gasteiger partial charge in [-0.1, -0.05) is 29.8 Å². The SMILES string of the molecule is Cc1ccc(CCC(=O)NCc2ccc(Cl)o2)cc1. The lowest BCUT2D eigenvalue weighted by molar-refractivity contribution is -0.121. The van der Waals surface area contributed by atoms with Gasteiger partial charge in [-0.2, -0.15) is 0 Å². The number of amides is 1. The lowest BCUT2D eigenvalue weighted by Crippen LogP contribution is -2.22. The molecule has 100 valence electrons. The van der Waals surface area contributed by atoms with Crippen LogP contribution >= 0.6 is 11.6 Å². The van der Waals surface area contributed by atoms with Gasteiger partial charge in [-0.3, -0.25) is 4.79 Å². The molecule has 1 amide bonds. The maximum atomic E-state index is 11.7. The van der Waals surface area contributed by atoms with Gasteiger partial charge >= 0.3 is 0 Å². The predicted molar refractivity (Wildman–Crippen MR) is 75.1 cm³/mol. The lowest BCUT2D eigenvalue weighted by atomic mass is 10.1. The third-order valence-corrected chi connectivity index (χ3v) is 3.05. The standard InChI is InChI=1S/C15H16ClNO2/c1-11-2-4-12(5-3-11)6-9-15(18)17-10-13-7-8-14(16)19-13/h2-5,7-8H,6,9-10H2,1H3,(H,17,18). The van der Waals surface area contributed by atoms with E-state index in [1.54, 1.807) is 12.1 Å². The van der Waals surface area contributed by atoms with E-state index in [1.807, 2.05) is 6.92 Å². The first-order valence-electron chi connectivity index (χ1n) is 6.20. The molecule has 0 aliphatic heterocycles. The van der Waals surface area contributed by atoms with Gasteiger partial charge in [0.05, 0.1) is 6.54 Å². The summed E-state index contributed by atoms with van der Waals surface area (Å²) >= 11 is 5.65. The number of hydrogen-bond acceptors (Lipinski definition) is 2. The molecule has 19 heavy (non-hydrogen) atoms. The number of halogens is 1. The molecule has 0 aliphatic rings. The molecule has 4 heteroatoms. The zero-order chi connectivity index (χ0) is 13.7. The van der Waals surface area contributed by atoms with E-state index in [2.05, 4.69) is 29.6 Å². The number of carbonyl (C=O) groups excluding carboxylic acids is 1. The molecule has 2 aromatic rings. The lowest BCUT2D eigenvalue weighted by Gasteiger charge is -2.04. The number of aryl methyl sites for hydroxylation is 2. The van der Waals surface area contributed by atoms with Crippen molar-refractivity contribution in [3.05, 3.63) is 58.5 Å². The molecular formula is C15H16ClNO2. The molecule has 0 saturated carbocycles. The normalized spacial score (nSPS) is 10.4. The average Bonchev–Trinajstić information content (AvgIpc) is 2.81. The largest absolute Gasteiger partial charge is 0.448 e. The zero-order valence-corrected chi connectivity index (χ0v) is 11.5. The van der Waals surface area contributed by atoms with Crippen LogP contribution in [0.2, 0.25) is 5.22 Å². The van der Waals surface area contributed by atoms with Crippen LogP contribution in [0, 0.1) is 6.92 Å². The summed E-state index contributed by atoms with van der Waals surface area (Å²) in [5, 5.41) is 3.14. The van der Waals surface area contributed by atoms with E-state index in [4.69, 9.17) is 16.0 Å². The van der Waals surface area contributed by atoms with Crippen molar-refractivity contribution in [3.63, 3.8) is 0 Å². The Kier molecular flexibility index (Phi) is 4.63. The molecule has 2 rings (SSSR count). The van der Waals surface area contributed by atoms with Crippen LogP contribution in [0.4, 0.5) is 0 Å². The van der Waals surface area contributed by atoms with Crippen molar-refractivity contribution in [1.29, 1.82) is 0 Å². The smallest absolute Gasteiger partial charge is 0.220 e. The minimum absolute atomic E-state index is 0.00750. The van der Waals surface area contributed by atoms with Crippen LogP contribution in [0.1, 0.15) is 23.3 Å². The minimum atomic E-state index is 0.00750. The topological polar surface area (TPSA) is 42.2 Å². The molecule has 0 bridgehead atoms. The fraction of sp³-hybridized carbons (Fsp3) is 0.267. The van der Waals surface area contributed by atoms with Crippen molar-refractivity contribution >= 4 is 17.5 Å². The van der Waals surface area contributed by atoms with Gasteiger partial charge in [0, 0.05) is 6.42 Å². The Bertz CT molecular complexity index is 546. The molecule has 0 spiro atoms. The number of benzene rings is 1.